The average molecular weight is 262 g/mol. The minimum atomic E-state index is -4.49. The highest BCUT2D eigenvalue weighted by Gasteiger charge is 2.27. The van der Waals surface area contributed by atoms with Crippen LogP contribution in [-0.2, 0) is 9.84 Å². The van der Waals surface area contributed by atoms with Crippen molar-refractivity contribution in [2.24, 2.45) is 0 Å². The van der Waals surface area contributed by atoms with E-state index in [1.165, 1.54) is 6.92 Å². The first kappa shape index (κ1) is 15.0. The number of amides is 2. The molecule has 96 valence electrons. The molecule has 0 rings (SSSR count). The van der Waals surface area contributed by atoms with Gasteiger partial charge in [0.05, 0.1) is 5.75 Å². The molecule has 0 aromatic rings. The number of hydrogen-bond acceptors (Lipinski definition) is 3. The summed E-state index contributed by atoms with van der Waals surface area (Å²) in [5, 5.41) is 3.65. The number of halogens is 3. The highest BCUT2D eigenvalue weighted by molar-refractivity contribution is 7.90. The van der Waals surface area contributed by atoms with Crippen molar-refractivity contribution in [3.63, 3.8) is 0 Å². The molecule has 5 nitrogen and oxygen atoms in total. The molecule has 0 saturated heterocycles. The van der Waals surface area contributed by atoms with Gasteiger partial charge in [0.25, 0.3) is 0 Å². The van der Waals surface area contributed by atoms with Crippen LogP contribution in [0.4, 0.5) is 18.0 Å². The first-order valence-corrected chi connectivity index (χ1v) is 6.34. The predicted octanol–water partition coefficient (Wildman–Crippen LogP) is 0.281. The van der Waals surface area contributed by atoms with E-state index in [-0.39, 0.29) is 5.75 Å². The molecule has 2 N–H and O–H groups in total. The summed E-state index contributed by atoms with van der Waals surface area (Å²) in [6, 6.07) is -1.79. The van der Waals surface area contributed by atoms with E-state index in [1.807, 2.05) is 0 Å². The predicted molar refractivity (Wildman–Crippen MR) is 51.8 cm³/mol. The zero-order valence-electron chi connectivity index (χ0n) is 8.76. The van der Waals surface area contributed by atoms with E-state index in [2.05, 4.69) is 5.32 Å². The van der Waals surface area contributed by atoms with E-state index < -0.39 is 34.6 Å². The Hall–Kier alpha value is -0.990. The molecule has 2 amide bonds. The Labute approximate surface area is 91.3 Å². The van der Waals surface area contributed by atoms with Crippen LogP contribution in [0.25, 0.3) is 0 Å². The Balaban J connectivity index is 3.97. The lowest BCUT2D eigenvalue weighted by atomic mass is 10.4. The number of nitrogens with one attached hydrogen (secondary N) is 2. The van der Waals surface area contributed by atoms with Gasteiger partial charge < -0.3 is 10.6 Å². The number of carbonyl (C=O) groups excluding carboxylic acids is 1. The largest absolute Gasteiger partial charge is 0.405 e. The molecule has 0 aliphatic carbocycles. The fourth-order valence-corrected chi connectivity index (χ4v) is 1.94. The molecule has 0 saturated carbocycles. The summed E-state index contributed by atoms with van der Waals surface area (Å²) in [6.07, 6.45) is -3.52. The second-order valence-corrected chi connectivity index (χ2v) is 5.62. The third kappa shape index (κ3) is 9.56. The Bertz CT molecular complexity index is 339. The lowest BCUT2D eigenvalue weighted by molar-refractivity contribution is -0.122. The molecule has 0 spiro atoms. The van der Waals surface area contributed by atoms with Crippen molar-refractivity contribution in [3.05, 3.63) is 0 Å². The fourth-order valence-electron chi connectivity index (χ4n) is 0.951. The number of carbonyl (C=O) groups is 1. The number of hydrogen-bond donors (Lipinski definition) is 2. The summed E-state index contributed by atoms with van der Waals surface area (Å²) in [4.78, 5) is 10.9. The highest BCUT2D eigenvalue weighted by Crippen LogP contribution is 2.11. The zero-order chi connectivity index (χ0) is 13.0. The molecule has 9 heteroatoms. The van der Waals surface area contributed by atoms with Gasteiger partial charge in [-0.25, -0.2) is 13.2 Å². The maximum Gasteiger partial charge on any atom is 0.405 e. The van der Waals surface area contributed by atoms with Crippen LogP contribution in [0.5, 0.6) is 0 Å². The van der Waals surface area contributed by atoms with E-state index in [0.717, 1.165) is 6.26 Å². The summed E-state index contributed by atoms with van der Waals surface area (Å²) >= 11 is 0. The van der Waals surface area contributed by atoms with Gasteiger partial charge in [-0.05, 0) is 6.92 Å². The standard InChI is InChI=1S/C7H13F3N2O3S/c1-5(3-16(2,14)15)12-6(13)11-4-7(8,9)10/h5H,3-4H2,1-2H3,(H2,11,12,13). The van der Waals surface area contributed by atoms with Crippen molar-refractivity contribution in [3.8, 4) is 0 Å². The Morgan fingerprint density at radius 2 is 1.88 bits per heavy atom. The Kier molecular flexibility index (Phi) is 5.04. The van der Waals surface area contributed by atoms with Crippen LogP contribution in [0.1, 0.15) is 6.92 Å². The van der Waals surface area contributed by atoms with Crippen molar-refractivity contribution in [2.45, 2.75) is 19.1 Å². The van der Waals surface area contributed by atoms with Crippen LogP contribution >= 0.6 is 0 Å². The van der Waals surface area contributed by atoms with Crippen LogP contribution in [0, 0.1) is 0 Å². The second kappa shape index (κ2) is 5.37. The molecular formula is C7H13F3N2O3S. The van der Waals surface area contributed by atoms with Crippen LogP contribution in [0.3, 0.4) is 0 Å². The minimum Gasteiger partial charge on any atom is -0.335 e. The summed E-state index contributed by atoms with van der Waals surface area (Å²) in [6.45, 7) is -0.0708. The average Bonchev–Trinajstić information content (AvgIpc) is 1.95. The molecule has 16 heavy (non-hydrogen) atoms. The molecule has 0 aliphatic rings. The van der Waals surface area contributed by atoms with E-state index in [0.29, 0.717) is 0 Å². The normalized spacial score (nSPS) is 14.3. The van der Waals surface area contributed by atoms with Crippen molar-refractivity contribution in [1.82, 2.24) is 10.6 Å². The molecule has 1 atom stereocenters. The molecule has 0 heterocycles. The van der Waals surface area contributed by atoms with E-state index in [1.54, 1.807) is 5.32 Å². The lowest BCUT2D eigenvalue weighted by Crippen LogP contribution is -2.46. The van der Waals surface area contributed by atoms with Crippen molar-refractivity contribution in [1.29, 1.82) is 0 Å². The fraction of sp³-hybridized carbons (Fsp3) is 0.857. The smallest absolute Gasteiger partial charge is 0.335 e. The van der Waals surface area contributed by atoms with Gasteiger partial charge in [-0.2, -0.15) is 13.2 Å². The summed E-state index contributed by atoms with van der Waals surface area (Å²) in [5.74, 6) is -0.327. The minimum absolute atomic E-state index is 0.327. The van der Waals surface area contributed by atoms with Crippen LogP contribution < -0.4 is 10.6 Å². The van der Waals surface area contributed by atoms with Crippen LogP contribution in [-0.4, -0.2) is 45.2 Å². The molecule has 0 bridgehead atoms. The number of urea groups is 1. The van der Waals surface area contributed by atoms with Gasteiger partial charge in [0.1, 0.15) is 16.4 Å². The first-order chi connectivity index (χ1) is 6.99. The summed E-state index contributed by atoms with van der Waals surface area (Å²) in [5.41, 5.74) is 0. The second-order valence-electron chi connectivity index (χ2n) is 3.44. The third-order valence-electron chi connectivity index (χ3n) is 1.38. The number of sulfone groups is 1. The van der Waals surface area contributed by atoms with E-state index >= 15 is 0 Å². The zero-order valence-corrected chi connectivity index (χ0v) is 9.57. The topological polar surface area (TPSA) is 75.3 Å². The molecule has 0 radical (unpaired) electrons. The van der Waals surface area contributed by atoms with Gasteiger partial charge >= 0.3 is 12.2 Å². The highest BCUT2D eigenvalue weighted by atomic mass is 32.2. The molecule has 0 aliphatic heterocycles. The number of alkyl halides is 3. The quantitative estimate of drug-likeness (QED) is 0.764. The van der Waals surface area contributed by atoms with Gasteiger partial charge in [0, 0.05) is 12.3 Å². The van der Waals surface area contributed by atoms with Crippen LogP contribution in [0.2, 0.25) is 0 Å². The molecule has 0 aromatic heterocycles. The monoisotopic (exact) mass is 262 g/mol. The summed E-state index contributed by atoms with van der Waals surface area (Å²) < 4.78 is 56.6. The molecule has 0 aromatic carbocycles. The van der Waals surface area contributed by atoms with E-state index in [9.17, 15) is 26.4 Å². The maximum absolute atomic E-state index is 11.7. The van der Waals surface area contributed by atoms with Gasteiger partial charge in [0.2, 0.25) is 0 Å². The number of rotatable bonds is 4. The Morgan fingerprint density at radius 1 is 1.38 bits per heavy atom. The SMILES string of the molecule is CC(CS(C)(=O)=O)NC(=O)NCC(F)(F)F. The lowest BCUT2D eigenvalue weighted by Gasteiger charge is -2.14. The van der Waals surface area contributed by atoms with Crippen molar-refractivity contribution < 1.29 is 26.4 Å². The molecule has 0 fully saturated rings. The van der Waals surface area contributed by atoms with Gasteiger partial charge in [-0.3, -0.25) is 0 Å². The van der Waals surface area contributed by atoms with Crippen molar-refractivity contribution >= 4 is 15.9 Å². The Morgan fingerprint density at radius 3 is 2.25 bits per heavy atom. The first-order valence-electron chi connectivity index (χ1n) is 4.28. The van der Waals surface area contributed by atoms with Gasteiger partial charge in [-0.1, -0.05) is 0 Å². The molecular weight excluding hydrogens is 249 g/mol. The maximum atomic E-state index is 11.7. The molecule has 1 unspecified atom stereocenters. The van der Waals surface area contributed by atoms with Crippen molar-refractivity contribution in [2.75, 3.05) is 18.6 Å². The van der Waals surface area contributed by atoms with Gasteiger partial charge in [-0.15, -0.1) is 0 Å². The van der Waals surface area contributed by atoms with E-state index in [4.69, 9.17) is 0 Å². The van der Waals surface area contributed by atoms with Crippen LogP contribution in [0.15, 0.2) is 0 Å². The van der Waals surface area contributed by atoms with Gasteiger partial charge in [0.15, 0.2) is 0 Å². The summed E-state index contributed by atoms with van der Waals surface area (Å²) in [7, 11) is -3.28. The third-order valence-corrected chi connectivity index (χ3v) is 2.49.